The minimum absolute atomic E-state index is 0.885. The van der Waals surface area contributed by atoms with Crippen molar-refractivity contribution in [2.24, 2.45) is 0 Å². The first-order valence-corrected chi connectivity index (χ1v) is 8.74. The Balaban J connectivity index is 1.97. The zero-order valence-electron chi connectivity index (χ0n) is 13.7. The molecular weight excluding hydrogens is 320 g/mol. The molecular formula is C23H12N2O. The van der Waals surface area contributed by atoms with E-state index in [0.29, 0.717) is 0 Å². The highest BCUT2D eigenvalue weighted by atomic mass is 16.3. The maximum Gasteiger partial charge on any atom is 0.149 e. The Labute approximate surface area is 147 Å². The molecule has 3 heteroatoms. The molecule has 0 unspecified atom stereocenters. The van der Waals surface area contributed by atoms with Crippen molar-refractivity contribution in [1.29, 1.82) is 0 Å². The maximum atomic E-state index is 5.82. The predicted molar refractivity (Wildman–Crippen MR) is 106 cm³/mol. The van der Waals surface area contributed by atoms with E-state index in [0.717, 1.165) is 22.0 Å². The van der Waals surface area contributed by atoms with E-state index in [-0.39, 0.29) is 0 Å². The summed E-state index contributed by atoms with van der Waals surface area (Å²) in [6.07, 6.45) is 3.70. The Morgan fingerprint density at radius 3 is 2.62 bits per heavy atom. The Morgan fingerprint density at radius 1 is 0.731 bits per heavy atom. The van der Waals surface area contributed by atoms with Crippen molar-refractivity contribution in [3.05, 3.63) is 73.1 Å². The third-order valence-electron chi connectivity index (χ3n) is 5.64. The lowest BCUT2D eigenvalue weighted by atomic mass is 10.0. The Bertz CT molecular complexity index is 1630. The summed E-state index contributed by atoms with van der Waals surface area (Å²) in [7, 11) is 0. The molecule has 0 aliphatic heterocycles. The largest absolute Gasteiger partial charge is 0.463 e. The van der Waals surface area contributed by atoms with E-state index in [2.05, 4.69) is 59.0 Å². The van der Waals surface area contributed by atoms with E-state index < -0.39 is 0 Å². The van der Waals surface area contributed by atoms with E-state index in [1.807, 2.05) is 18.5 Å². The third-order valence-corrected chi connectivity index (χ3v) is 5.64. The second kappa shape index (κ2) is 4.14. The van der Waals surface area contributed by atoms with Gasteiger partial charge in [-0.15, -0.1) is 0 Å². The van der Waals surface area contributed by atoms with Gasteiger partial charge in [-0.1, -0.05) is 48.5 Å². The van der Waals surface area contributed by atoms with E-state index >= 15 is 0 Å². The van der Waals surface area contributed by atoms with Crippen LogP contribution in [0.5, 0.6) is 0 Å². The van der Waals surface area contributed by atoms with Crippen LogP contribution in [0.4, 0.5) is 0 Å². The highest BCUT2D eigenvalue weighted by Gasteiger charge is 2.20. The van der Waals surface area contributed by atoms with Crippen LogP contribution < -0.4 is 0 Å². The lowest BCUT2D eigenvalue weighted by Crippen LogP contribution is -1.92. The van der Waals surface area contributed by atoms with Crippen molar-refractivity contribution in [1.82, 2.24) is 9.38 Å². The first-order valence-electron chi connectivity index (χ1n) is 8.74. The molecule has 0 saturated heterocycles. The van der Waals surface area contributed by atoms with Crippen LogP contribution in [0, 0.1) is 0 Å². The van der Waals surface area contributed by atoms with E-state index in [4.69, 9.17) is 9.40 Å². The van der Waals surface area contributed by atoms with Gasteiger partial charge in [0, 0.05) is 27.7 Å². The van der Waals surface area contributed by atoms with Crippen molar-refractivity contribution in [2.75, 3.05) is 0 Å². The van der Waals surface area contributed by atoms with E-state index in [1.165, 1.54) is 38.0 Å². The molecule has 0 bridgehead atoms. The summed E-state index contributed by atoms with van der Waals surface area (Å²) >= 11 is 0. The molecule has 120 valence electrons. The highest BCUT2D eigenvalue weighted by Crippen LogP contribution is 2.42. The summed E-state index contributed by atoms with van der Waals surface area (Å²) in [6, 6.07) is 21.5. The fourth-order valence-corrected chi connectivity index (χ4v) is 4.61. The van der Waals surface area contributed by atoms with Crippen molar-refractivity contribution >= 4 is 60.0 Å². The van der Waals surface area contributed by atoms with Gasteiger partial charge in [-0.3, -0.25) is 4.40 Å². The van der Waals surface area contributed by atoms with Crippen LogP contribution in [-0.4, -0.2) is 9.38 Å². The third kappa shape index (κ3) is 1.28. The molecule has 3 aromatic carbocycles. The van der Waals surface area contributed by atoms with Gasteiger partial charge in [-0.25, -0.2) is 4.98 Å². The van der Waals surface area contributed by atoms with Gasteiger partial charge in [0.1, 0.15) is 11.2 Å². The molecule has 4 heterocycles. The average Bonchev–Trinajstić information content (AvgIpc) is 3.27. The van der Waals surface area contributed by atoms with Crippen LogP contribution in [0.25, 0.3) is 60.0 Å². The normalized spacial score (nSPS) is 12.6. The van der Waals surface area contributed by atoms with Gasteiger partial charge in [-0.2, -0.15) is 0 Å². The van der Waals surface area contributed by atoms with Gasteiger partial charge in [0.05, 0.1) is 22.7 Å². The number of benzene rings is 3. The standard InChI is InChI=1S/C23H12N2O/c1-2-5-14-13(4-1)8-9-18-20(14)16-7-3-6-15-17-12-26-19-10-11-24-23(21(17)19)25(18)22(15)16/h1-12H. The smallest absolute Gasteiger partial charge is 0.149 e. The van der Waals surface area contributed by atoms with Crippen LogP contribution in [0.1, 0.15) is 0 Å². The fraction of sp³-hybridized carbons (Fsp3) is 0. The number of aromatic nitrogens is 2. The molecule has 7 aromatic rings. The predicted octanol–water partition coefficient (Wildman–Crippen LogP) is 6.13. The summed E-state index contributed by atoms with van der Waals surface area (Å²) in [5.74, 6) is 0. The summed E-state index contributed by atoms with van der Waals surface area (Å²) < 4.78 is 8.12. The number of hydrogen-bond acceptors (Lipinski definition) is 2. The summed E-state index contributed by atoms with van der Waals surface area (Å²) in [5, 5.41) is 8.54. The zero-order valence-corrected chi connectivity index (χ0v) is 13.7. The van der Waals surface area contributed by atoms with Gasteiger partial charge >= 0.3 is 0 Å². The summed E-state index contributed by atoms with van der Waals surface area (Å²) in [6.45, 7) is 0. The number of rotatable bonds is 0. The first-order chi connectivity index (χ1) is 12.9. The highest BCUT2D eigenvalue weighted by molar-refractivity contribution is 6.29. The monoisotopic (exact) mass is 332 g/mol. The van der Waals surface area contributed by atoms with Crippen LogP contribution in [-0.2, 0) is 0 Å². The number of furan rings is 1. The van der Waals surface area contributed by atoms with Crippen LogP contribution in [0.2, 0.25) is 0 Å². The van der Waals surface area contributed by atoms with Gasteiger partial charge in [0.25, 0.3) is 0 Å². The molecule has 0 saturated carbocycles. The molecule has 0 aliphatic rings. The van der Waals surface area contributed by atoms with Crippen molar-refractivity contribution in [3.8, 4) is 0 Å². The van der Waals surface area contributed by atoms with Crippen LogP contribution in [0.3, 0.4) is 0 Å². The molecule has 0 radical (unpaired) electrons. The number of pyridine rings is 2. The molecule has 7 rings (SSSR count). The van der Waals surface area contributed by atoms with E-state index in [9.17, 15) is 0 Å². The SMILES string of the molecule is c1ccc2c(c1)ccc1c2c2cccc3c4coc5ccnc(c54)n1c32. The molecule has 0 amide bonds. The Morgan fingerprint density at radius 2 is 1.62 bits per heavy atom. The lowest BCUT2D eigenvalue weighted by molar-refractivity contribution is 0.619. The lowest BCUT2D eigenvalue weighted by Gasteiger charge is -2.06. The number of fused-ring (bicyclic) bond motifs is 7. The molecule has 26 heavy (non-hydrogen) atoms. The minimum Gasteiger partial charge on any atom is -0.463 e. The van der Waals surface area contributed by atoms with E-state index in [1.54, 1.807) is 0 Å². The topological polar surface area (TPSA) is 30.4 Å². The van der Waals surface area contributed by atoms with Crippen LogP contribution >= 0.6 is 0 Å². The number of nitrogens with zero attached hydrogens (tertiary/aromatic N) is 2. The second-order valence-corrected chi connectivity index (χ2v) is 6.88. The van der Waals surface area contributed by atoms with Crippen LogP contribution in [0.15, 0.2) is 77.5 Å². The van der Waals surface area contributed by atoms with Gasteiger partial charge < -0.3 is 4.42 Å². The zero-order chi connectivity index (χ0) is 16.8. The molecule has 4 aromatic heterocycles. The summed E-state index contributed by atoms with van der Waals surface area (Å²) in [5.41, 5.74) is 4.25. The van der Waals surface area contributed by atoms with Crippen molar-refractivity contribution < 1.29 is 4.42 Å². The maximum absolute atomic E-state index is 5.82. The summed E-state index contributed by atoms with van der Waals surface area (Å²) in [4.78, 5) is 4.74. The quantitative estimate of drug-likeness (QED) is 0.313. The second-order valence-electron chi connectivity index (χ2n) is 6.88. The Kier molecular flexibility index (Phi) is 2.03. The molecule has 0 aliphatic carbocycles. The minimum atomic E-state index is 0.885. The Hall–Kier alpha value is -3.59. The van der Waals surface area contributed by atoms with Gasteiger partial charge in [0.15, 0.2) is 0 Å². The van der Waals surface area contributed by atoms with Gasteiger partial charge in [0.2, 0.25) is 0 Å². The molecule has 0 atom stereocenters. The van der Waals surface area contributed by atoms with Crippen molar-refractivity contribution in [2.45, 2.75) is 0 Å². The molecule has 3 nitrogen and oxygen atoms in total. The average molecular weight is 332 g/mol. The number of para-hydroxylation sites is 1. The fourth-order valence-electron chi connectivity index (χ4n) is 4.61. The molecule has 0 spiro atoms. The van der Waals surface area contributed by atoms with Crippen molar-refractivity contribution in [3.63, 3.8) is 0 Å². The first kappa shape index (κ1) is 12.7. The number of hydrogen-bond donors (Lipinski definition) is 0. The van der Waals surface area contributed by atoms with Gasteiger partial charge in [-0.05, 0) is 22.9 Å². The molecule has 0 fully saturated rings. The molecule has 0 N–H and O–H groups in total.